The first-order valence-corrected chi connectivity index (χ1v) is 5.96. The Morgan fingerprint density at radius 2 is 2.36 bits per heavy atom. The molecule has 0 amide bonds. The molecule has 1 aliphatic heterocycles. The third-order valence-corrected chi connectivity index (χ3v) is 3.88. The van der Waals surface area contributed by atoms with Crippen molar-refractivity contribution in [3.63, 3.8) is 0 Å². The van der Waals surface area contributed by atoms with Gasteiger partial charge in [0.1, 0.15) is 9.84 Å². The van der Waals surface area contributed by atoms with Gasteiger partial charge in [0, 0.05) is 18.2 Å². The van der Waals surface area contributed by atoms with Crippen LogP contribution in [0.4, 0.5) is 0 Å². The van der Waals surface area contributed by atoms with E-state index in [1.807, 2.05) is 0 Å². The van der Waals surface area contributed by atoms with Crippen molar-refractivity contribution in [3.8, 4) is 0 Å². The van der Waals surface area contributed by atoms with Gasteiger partial charge in [-0.1, -0.05) is 0 Å². The molecule has 0 aromatic heterocycles. The first kappa shape index (κ1) is 7.55. The normalized spacial score (nSPS) is 42.1. The van der Waals surface area contributed by atoms with Gasteiger partial charge in [0.25, 0.3) is 0 Å². The quantitative estimate of drug-likeness (QED) is 0.623. The van der Waals surface area contributed by atoms with Gasteiger partial charge in [-0.3, -0.25) is 0 Å². The molecule has 64 valence electrons. The second kappa shape index (κ2) is 1.98. The van der Waals surface area contributed by atoms with Crippen molar-refractivity contribution in [2.75, 3.05) is 25.1 Å². The van der Waals surface area contributed by atoms with Crippen molar-refractivity contribution in [2.24, 2.45) is 11.3 Å². The summed E-state index contributed by atoms with van der Waals surface area (Å²) >= 11 is 0. The average molecular weight is 175 g/mol. The molecule has 0 aromatic carbocycles. The van der Waals surface area contributed by atoms with Crippen LogP contribution in [0.5, 0.6) is 0 Å². The summed E-state index contributed by atoms with van der Waals surface area (Å²) in [5.74, 6) is 1.04. The topological polar surface area (TPSA) is 46.2 Å². The molecule has 1 saturated carbocycles. The van der Waals surface area contributed by atoms with Gasteiger partial charge in [-0.25, -0.2) is 8.42 Å². The van der Waals surface area contributed by atoms with Gasteiger partial charge in [-0.15, -0.1) is 0 Å². The Morgan fingerprint density at radius 3 is 2.73 bits per heavy atom. The Morgan fingerprint density at radius 1 is 1.64 bits per heavy atom. The number of hydrogen-bond donors (Lipinski definition) is 1. The zero-order valence-electron chi connectivity index (χ0n) is 6.63. The van der Waals surface area contributed by atoms with E-state index in [1.165, 1.54) is 6.26 Å². The van der Waals surface area contributed by atoms with Crippen molar-refractivity contribution in [1.82, 2.24) is 5.32 Å². The molecule has 0 bridgehead atoms. The van der Waals surface area contributed by atoms with Crippen molar-refractivity contribution in [1.29, 1.82) is 0 Å². The Labute approximate surface area is 67.1 Å². The monoisotopic (exact) mass is 175 g/mol. The summed E-state index contributed by atoms with van der Waals surface area (Å²) in [5, 5.41) is 3.22. The van der Waals surface area contributed by atoms with Crippen LogP contribution in [0.3, 0.4) is 0 Å². The number of nitrogens with one attached hydrogen (secondary N) is 1. The fraction of sp³-hybridized carbons (Fsp3) is 1.00. The zero-order valence-corrected chi connectivity index (χ0v) is 7.45. The minimum Gasteiger partial charge on any atom is -0.316 e. The van der Waals surface area contributed by atoms with E-state index in [4.69, 9.17) is 0 Å². The van der Waals surface area contributed by atoms with Crippen LogP contribution in [0.15, 0.2) is 0 Å². The summed E-state index contributed by atoms with van der Waals surface area (Å²) in [5.41, 5.74) is 0.146. The largest absolute Gasteiger partial charge is 0.316 e. The van der Waals surface area contributed by atoms with E-state index >= 15 is 0 Å². The number of hydrogen-bond acceptors (Lipinski definition) is 3. The average Bonchev–Trinajstić information content (AvgIpc) is 2.30. The van der Waals surface area contributed by atoms with Crippen LogP contribution in [0, 0.1) is 11.3 Å². The fourth-order valence-corrected chi connectivity index (χ4v) is 3.68. The molecule has 3 nitrogen and oxygen atoms in total. The molecular formula is C7H13NO2S. The van der Waals surface area contributed by atoms with Gasteiger partial charge in [-0.05, 0) is 18.9 Å². The van der Waals surface area contributed by atoms with Crippen LogP contribution >= 0.6 is 0 Å². The smallest absolute Gasteiger partial charge is 0.148 e. The van der Waals surface area contributed by atoms with Gasteiger partial charge in [0.2, 0.25) is 0 Å². The van der Waals surface area contributed by atoms with Crippen LogP contribution in [-0.2, 0) is 9.84 Å². The Balaban J connectivity index is 2.08. The second-order valence-electron chi connectivity index (χ2n) is 3.96. The van der Waals surface area contributed by atoms with E-state index in [0.717, 1.165) is 19.5 Å². The number of piperidine rings is 1. The van der Waals surface area contributed by atoms with Crippen molar-refractivity contribution in [2.45, 2.75) is 6.42 Å². The molecule has 0 aromatic rings. The van der Waals surface area contributed by atoms with Crippen LogP contribution in [0.25, 0.3) is 0 Å². The molecule has 2 rings (SSSR count). The highest BCUT2D eigenvalue weighted by Crippen LogP contribution is 2.55. The minimum absolute atomic E-state index is 0.146. The van der Waals surface area contributed by atoms with Crippen LogP contribution < -0.4 is 5.32 Å². The maximum atomic E-state index is 11.0. The first-order valence-electron chi connectivity index (χ1n) is 3.90. The summed E-state index contributed by atoms with van der Waals surface area (Å²) in [6, 6.07) is 0. The number of sulfone groups is 1. The molecule has 0 radical (unpaired) electrons. The Bertz CT molecular complexity index is 272. The molecule has 1 aliphatic carbocycles. The SMILES string of the molecule is CS(=O)(=O)CC12CNCC1C2. The molecule has 11 heavy (non-hydrogen) atoms. The van der Waals surface area contributed by atoms with E-state index in [0.29, 0.717) is 11.7 Å². The zero-order chi connectivity index (χ0) is 8.11. The lowest BCUT2D eigenvalue weighted by Gasteiger charge is -2.08. The lowest BCUT2D eigenvalue weighted by molar-refractivity contribution is 0.545. The summed E-state index contributed by atoms with van der Waals surface area (Å²) < 4.78 is 22.0. The van der Waals surface area contributed by atoms with Crippen molar-refractivity contribution < 1.29 is 8.42 Å². The maximum Gasteiger partial charge on any atom is 0.148 e. The highest BCUT2D eigenvalue weighted by molar-refractivity contribution is 7.90. The van der Waals surface area contributed by atoms with Crippen LogP contribution in [0.2, 0.25) is 0 Å². The lowest BCUT2D eigenvalue weighted by Crippen LogP contribution is -2.23. The van der Waals surface area contributed by atoms with Gasteiger partial charge in [0.05, 0.1) is 5.75 Å². The van der Waals surface area contributed by atoms with E-state index in [1.54, 1.807) is 0 Å². The second-order valence-corrected chi connectivity index (χ2v) is 6.10. The van der Waals surface area contributed by atoms with Crippen LogP contribution in [-0.4, -0.2) is 33.5 Å². The summed E-state index contributed by atoms with van der Waals surface area (Å²) in [6.07, 6.45) is 2.45. The molecule has 1 saturated heterocycles. The van der Waals surface area contributed by atoms with E-state index < -0.39 is 9.84 Å². The van der Waals surface area contributed by atoms with Gasteiger partial charge < -0.3 is 5.32 Å². The molecule has 2 fully saturated rings. The van der Waals surface area contributed by atoms with Gasteiger partial charge >= 0.3 is 0 Å². The van der Waals surface area contributed by atoms with Crippen LogP contribution in [0.1, 0.15) is 6.42 Å². The van der Waals surface area contributed by atoms with E-state index in [2.05, 4.69) is 5.32 Å². The molecule has 4 heteroatoms. The number of rotatable bonds is 2. The lowest BCUT2D eigenvalue weighted by atomic mass is 10.1. The summed E-state index contributed by atoms with van der Waals surface area (Å²) in [4.78, 5) is 0. The third kappa shape index (κ3) is 1.29. The van der Waals surface area contributed by atoms with E-state index in [-0.39, 0.29) is 5.41 Å². The van der Waals surface area contributed by atoms with Crippen molar-refractivity contribution >= 4 is 9.84 Å². The highest BCUT2D eigenvalue weighted by atomic mass is 32.2. The van der Waals surface area contributed by atoms with E-state index in [9.17, 15) is 8.42 Å². The number of fused-ring (bicyclic) bond motifs is 1. The Kier molecular flexibility index (Phi) is 1.36. The van der Waals surface area contributed by atoms with Crippen molar-refractivity contribution in [3.05, 3.63) is 0 Å². The molecule has 2 aliphatic rings. The molecule has 2 atom stereocenters. The minimum atomic E-state index is -2.76. The van der Waals surface area contributed by atoms with Gasteiger partial charge in [-0.2, -0.15) is 0 Å². The predicted octanol–water partition coefficient (Wildman–Crippen LogP) is -0.360. The molecule has 1 N–H and O–H groups in total. The molecule has 1 heterocycles. The standard InChI is InChI=1S/C7H13NO2S/c1-11(9,10)5-7-2-6(7)3-8-4-7/h6,8H,2-5H2,1H3. The fourth-order valence-electron chi connectivity index (χ4n) is 2.18. The molecule has 2 unspecified atom stereocenters. The Hall–Kier alpha value is -0.0900. The maximum absolute atomic E-state index is 11.0. The predicted molar refractivity (Wildman–Crippen MR) is 43.1 cm³/mol. The summed E-state index contributed by atoms with van der Waals surface area (Å²) in [7, 11) is -2.76. The van der Waals surface area contributed by atoms with Gasteiger partial charge in [0.15, 0.2) is 0 Å². The molecule has 0 spiro atoms. The molecular weight excluding hydrogens is 162 g/mol. The first-order chi connectivity index (χ1) is 5.02. The summed E-state index contributed by atoms with van der Waals surface area (Å²) in [6.45, 7) is 1.93. The third-order valence-electron chi connectivity index (χ3n) is 2.78. The highest BCUT2D eigenvalue weighted by Gasteiger charge is 2.58.